The minimum atomic E-state index is -0.234. The predicted octanol–water partition coefficient (Wildman–Crippen LogP) is 3.94. The van der Waals surface area contributed by atoms with E-state index in [9.17, 15) is 0 Å². The summed E-state index contributed by atoms with van der Waals surface area (Å²) in [7, 11) is 3.31. The molecule has 4 nitrogen and oxygen atoms in total. The molecule has 1 heterocycles. The maximum Gasteiger partial charge on any atom is 0.203 e. The molecular weight excluding hydrogens is 278 g/mol. The number of rotatable bonds is 6. The van der Waals surface area contributed by atoms with Crippen LogP contribution in [0, 0.1) is 5.92 Å². The second-order valence-corrected chi connectivity index (χ2v) is 6.97. The van der Waals surface area contributed by atoms with E-state index in [1.54, 1.807) is 14.2 Å². The Kier molecular flexibility index (Phi) is 5.22. The van der Waals surface area contributed by atoms with E-state index < -0.39 is 0 Å². The molecule has 0 saturated heterocycles. The molecular formula is C18H29NO3. The zero-order chi connectivity index (χ0) is 16.3. The van der Waals surface area contributed by atoms with Crippen LogP contribution < -0.4 is 19.5 Å². The Labute approximate surface area is 134 Å². The van der Waals surface area contributed by atoms with Crippen LogP contribution in [0.2, 0.25) is 0 Å². The van der Waals surface area contributed by atoms with Gasteiger partial charge in [0.1, 0.15) is 5.60 Å². The van der Waals surface area contributed by atoms with Crippen molar-refractivity contribution in [3.63, 3.8) is 0 Å². The molecule has 1 unspecified atom stereocenters. The summed E-state index contributed by atoms with van der Waals surface area (Å²) >= 11 is 0. The molecule has 0 bridgehead atoms. The highest BCUT2D eigenvalue weighted by Gasteiger charge is 2.36. The zero-order valence-corrected chi connectivity index (χ0v) is 14.7. The Balaban J connectivity index is 2.32. The molecule has 1 aromatic rings. The minimum absolute atomic E-state index is 0.234. The average Bonchev–Trinajstić information content (AvgIpc) is 2.44. The van der Waals surface area contributed by atoms with Crippen LogP contribution >= 0.6 is 0 Å². The normalized spacial score (nSPS) is 19.5. The second-order valence-electron chi connectivity index (χ2n) is 6.97. The first-order chi connectivity index (χ1) is 10.4. The smallest absolute Gasteiger partial charge is 0.203 e. The van der Waals surface area contributed by atoms with Gasteiger partial charge in [-0.05, 0) is 44.9 Å². The summed E-state index contributed by atoms with van der Waals surface area (Å²) in [5.41, 5.74) is 0.919. The van der Waals surface area contributed by atoms with Crippen molar-refractivity contribution in [2.45, 2.75) is 52.2 Å². The van der Waals surface area contributed by atoms with Crippen LogP contribution in [-0.2, 0) is 0 Å². The lowest BCUT2D eigenvalue weighted by Crippen LogP contribution is -2.40. The highest BCUT2D eigenvalue weighted by molar-refractivity contribution is 5.57. The zero-order valence-electron chi connectivity index (χ0n) is 14.7. The molecule has 0 aliphatic carbocycles. The van der Waals surface area contributed by atoms with Gasteiger partial charge in [0.15, 0.2) is 11.5 Å². The predicted molar refractivity (Wildman–Crippen MR) is 89.1 cm³/mol. The monoisotopic (exact) mass is 307 g/mol. The molecule has 0 fully saturated rings. The lowest BCUT2D eigenvalue weighted by molar-refractivity contribution is 0.0616. The third kappa shape index (κ3) is 3.67. The second kappa shape index (κ2) is 6.78. The van der Waals surface area contributed by atoms with Gasteiger partial charge in [0.2, 0.25) is 5.75 Å². The molecule has 0 spiro atoms. The third-order valence-electron chi connectivity index (χ3n) is 4.09. The molecule has 0 saturated carbocycles. The molecule has 1 atom stereocenters. The largest absolute Gasteiger partial charge is 0.493 e. The molecule has 0 aromatic heterocycles. The number of methoxy groups -OCH3 is 2. The van der Waals surface area contributed by atoms with Gasteiger partial charge in [-0.15, -0.1) is 0 Å². The number of ether oxygens (including phenoxy) is 3. The highest BCUT2D eigenvalue weighted by atomic mass is 16.5. The summed E-state index contributed by atoms with van der Waals surface area (Å²) in [5.74, 6) is 2.90. The number of hydrogen-bond acceptors (Lipinski definition) is 4. The summed E-state index contributed by atoms with van der Waals surface area (Å²) in [5, 5.41) is 3.68. The molecule has 1 aliphatic rings. The Bertz CT molecular complexity index is 511. The molecule has 2 rings (SSSR count). The van der Waals surface area contributed by atoms with Gasteiger partial charge in [0.05, 0.1) is 14.2 Å². The molecule has 4 heteroatoms. The van der Waals surface area contributed by atoms with E-state index in [0.29, 0.717) is 17.4 Å². The maximum absolute atomic E-state index is 6.20. The van der Waals surface area contributed by atoms with E-state index in [4.69, 9.17) is 14.2 Å². The van der Waals surface area contributed by atoms with Crippen LogP contribution in [0.5, 0.6) is 17.2 Å². The van der Waals surface area contributed by atoms with Gasteiger partial charge < -0.3 is 19.5 Å². The van der Waals surface area contributed by atoms with Crippen LogP contribution in [0.3, 0.4) is 0 Å². The quantitative estimate of drug-likeness (QED) is 0.864. The van der Waals surface area contributed by atoms with Gasteiger partial charge >= 0.3 is 0 Å². The van der Waals surface area contributed by atoms with E-state index in [-0.39, 0.29) is 11.6 Å². The maximum atomic E-state index is 6.20. The van der Waals surface area contributed by atoms with Gasteiger partial charge in [-0.1, -0.05) is 13.8 Å². The number of nitrogens with one attached hydrogen (secondary N) is 1. The fraction of sp³-hybridized carbons (Fsp3) is 0.667. The molecule has 22 heavy (non-hydrogen) atoms. The molecule has 1 N–H and O–H groups in total. The van der Waals surface area contributed by atoms with Gasteiger partial charge in [-0.2, -0.15) is 0 Å². The number of fused-ring (bicyclic) bond motifs is 1. The van der Waals surface area contributed by atoms with Crippen molar-refractivity contribution in [1.29, 1.82) is 0 Å². The lowest BCUT2D eigenvalue weighted by atomic mass is 9.89. The number of hydrogen-bond donors (Lipinski definition) is 1. The highest BCUT2D eigenvalue weighted by Crippen LogP contribution is 2.48. The van der Waals surface area contributed by atoms with Crippen molar-refractivity contribution in [3.8, 4) is 17.2 Å². The topological polar surface area (TPSA) is 39.7 Å². The van der Waals surface area contributed by atoms with E-state index in [1.807, 2.05) is 6.07 Å². The van der Waals surface area contributed by atoms with Crippen LogP contribution in [0.4, 0.5) is 0 Å². The van der Waals surface area contributed by atoms with Crippen LogP contribution in [-0.4, -0.2) is 26.4 Å². The molecule has 1 aromatic carbocycles. The summed E-state index contributed by atoms with van der Waals surface area (Å²) in [6.07, 6.45) is 2.11. The van der Waals surface area contributed by atoms with E-state index in [1.165, 1.54) is 6.42 Å². The standard InChI is InChI=1S/C18H29NO3/c1-12(2)9-10-19-14-11-18(3,4)22-16-13(14)7-8-15(20-5)17(16)21-6/h7-8,12,14,19H,9-11H2,1-6H3. The summed E-state index contributed by atoms with van der Waals surface area (Å²) in [4.78, 5) is 0. The van der Waals surface area contributed by atoms with Crippen LogP contribution in [0.25, 0.3) is 0 Å². The number of benzene rings is 1. The first-order valence-corrected chi connectivity index (χ1v) is 8.05. The van der Waals surface area contributed by atoms with Gasteiger partial charge in [-0.3, -0.25) is 0 Å². The fourth-order valence-electron chi connectivity index (χ4n) is 2.94. The minimum Gasteiger partial charge on any atom is -0.493 e. The molecule has 0 radical (unpaired) electrons. The molecule has 0 amide bonds. The average molecular weight is 307 g/mol. The van der Waals surface area contributed by atoms with Gasteiger partial charge in [0.25, 0.3) is 0 Å². The van der Waals surface area contributed by atoms with Crippen molar-refractivity contribution in [2.75, 3.05) is 20.8 Å². The van der Waals surface area contributed by atoms with Crippen LogP contribution in [0.1, 0.15) is 52.1 Å². The lowest BCUT2D eigenvalue weighted by Gasteiger charge is -2.39. The van der Waals surface area contributed by atoms with E-state index in [2.05, 4.69) is 39.1 Å². The van der Waals surface area contributed by atoms with E-state index in [0.717, 1.165) is 24.3 Å². The van der Waals surface area contributed by atoms with Gasteiger partial charge in [0, 0.05) is 18.0 Å². The van der Waals surface area contributed by atoms with E-state index >= 15 is 0 Å². The Hall–Kier alpha value is -1.42. The van der Waals surface area contributed by atoms with Crippen molar-refractivity contribution in [3.05, 3.63) is 17.7 Å². The van der Waals surface area contributed by atoms with Crippen molar-refractivity contribution in [2.24, 2.45) is 5.92 Å². The van der Waals surface area contributed by atoms with Crippen molar-refractivity contribution < 1.29 is 14.2 Å². The SMILES string of the molecule is COc1ccc2c(c1OC)OC(C)(C)CC2NCCC(C)C. The summed E-state index contributed by atoms with van der Waals surface area (Å²) in [6, 6.07) is 4.31. The summed E-state index contributed by atoms with van der Waals surface area (Å²) in [6.45, 7) is 9.74. The first-order valence-electron chi connectivity index (χ1n) is 8.05. The van der Waals surface area contributed by atoms with Crippen molar-refractivity contribution in [1.82, 2.24) is 5.32 Å². The first kappa shape index (κ1) is 16.9. The summed E-state index contributed by atoms with van der Waals surface area (Å²) < 4.78 is 17.1. The Morgan fingerprint density at radius 2 is 2.00 bits per heavy atom. The molecule has 124 valence electrons. The fourth-order valence-corrected chi connectivity index (χ4v) is 2.94. The van der Waals surface area contributed by atoms with Crippen molar-refractivity contribution >= 4 is 0 Å². The van der Waals surface area contributed by atoms with Crippen LogP contribution in [0.15, 0.2) is 12.1 Å². The molecule has 1 aliphatic heterocycles. The Morgan fingerprint density at radius 3 is 2.59 bits per heavy atom. The van der Waals surface area contributed by atoms with Gasteiger partial charge in [-0.25, -0.2) is 0 Å². The third-order valence-corrected chi connectivity index (χ3v) is 4.09. The Morgan fingerprint density at radius 1 is 1.27 bits per heavy atom.